The fraction of sp³-hybridized carbons (Fsp3) is 0.0952. The zero-order valence-corrected chi connectivity index (χ0v) is 18.9. The molecule has 0 aliphatic carbocycles. The standard InChI is InChI=1S/C21H18Br2N4O2/c1-13-10-15(14(2)27(13)17-7-5-6-16(22)11-17)12-24-26-21(29)20(28)25-19-9-4-3-8-18(19)23/h3-12H,1-2H3,(H,25,28)(H,26,29)/b24-12-. The second-order valence-corrected chi connectivity index (χ2v) is 8.04. The Morgan fingerprint density at radius 1 is 1.00 bits per heavy atom. The lowest BCUT2D eigenvalue weighted by molar-refractivity contribution is -0.136. The molecule has 0 aliphatic heterocycles. The molecule has 0 aliphatic rings. The van der Waals surface area contributed by atoms with E-state index in [-0.39, 0.29) is 0 Å². The second-order valence-electron chi connectivity index (χ2n) is 6.27. The molecular formula is C21H18Br2N4O2. The van der Waals surface area contributed by atoms with Crippen molar-refractivity contribution in [2.75, 3.05) is 5.32 Å². The topological polar surface area (TPSA) is 75.5 Å². The summed E-state index contributed by atoms with van der Waals surface area (Å²) in [5, 5.41) is 6.46. The number of anilines is 1. The molecule has 0 radical (unpaired) electrons. The van der Waals surface area contributed by atoms with Gasteiger partial charge in [-0.3, -0.25) is 9.59 Å². The number of carbonyl (C=O) groups is 2. The molecule has 2 aromatic carbocycles. The highest BCUT2D eigenvalue weighted by Crippen LogP contribution is 2.22. The van der Waals surface area contributed by atoms with Gasteiger partial charge in [0, 0.05) is 31.6 Å². The summed E-state index contributed by atoms with van der Waals surface area (Å²) in [7, 11) is 0. The number of hydrogen-bond acceptors (Lipinski definition) is 3. The van der Waals surface area contributed by atoms with E-state index in [0.29, 0.717) is 10.2 Å². The molecule has 0 unspecified atom stereocenters. The van der Waals surface area contributed by atoms with E-state index in [2.05, 4.69) is 52.3 Å². The van der Waals surface area contributed by atoms with E-state index >= 15 is 0 Å². The monoisotopic (exact) mass is 516 g/mol. The molecule has 0 saturated carbocycles. The van der Waals surface area contributed by atoms with Crippen LogP contribution in [-0.2, 0) is 9.59 Å². The third-order valence-electron chi connectivity index (χ3n) is 4.23. The van der Waals surface area contributed by atoms with Crippen molar-refractivity contribution in [3.8, 4) is 5.69 Å². The summed E-state index contributed by atoms with van der Waals surface area (Å²) >= 11 is 6.80. The third kappa shape index (κ3) is 5.02. The van der Waals surface area contributed by atoms with E-state index in [4.69, 9.17) is 0 Å². The van der Waals surface area contributed by atoms with E-state index in [9.17, 15) is 9.59 Å². The van der Waals surface area contributed by atoms with Gasteiger partial charge in [0.1, 0.15) is 0 Å². The average Bonchev–Trinajstić information content (AvgIpc) is 2.97. The molecule has 8 heteroatoms. The maximum absolute atomic E-state index is 12.0. The largest absolute Gasteiger partial charge is 0.329 e. The van der Waals surface area contributed by atoms with Crippen LogP contribution in [0.4, 0.5) is 5.69 Å². The molecule has 0 bridgehead atoms. The van der Waals surface area contributed by atoms with Gasteiger partial charge >= 0.3 is 11.8 Å². The van der Waals surface area contributed by atoms with Crippen LogP contribution < -0.4 is 10.7 Å². The minimum atomic E-state index is -0.849. The van der Waals surface area contributed by atoms with Gasteiger partial charge in [-0.2, -0.15) is 5.10 Å². The molecule has 29 heavy (non-hydrogen) atoms. The molecule has 2 N–H and O–H groups in total. The molecule has 148 valence electrons. The van der Waals surface area contributed by atoms with Crippen LogP contribution in [0.3, 0.4) is 0 Å². The lowest BCUT2D eigenvalue weighted by Crippen LogP contribution is -2.32. The molecular weight excluding hydrogens is 500 g/mol. The summed E-state index contributed by atoms with van der Waals surface area (Å²) in [5.41, 5.74) is 6.63. The zero-order chi connectivity index (χ0) is 21.0. The quantitative estimate of drug-likeness (QED) is 0.299. The van der Waals surface area contributed by atoms with Crippen molar-refractivity contribution in [1.29, 1.82) is 0 Å². The highest BCUT2D eigenvalue weighted by molar-refractivity contribution is 9.10. The van der Waals surface area contributed by atoms with Crippen LogP contribution in [0.5, 0.6) is 0 Å². The SMILES string of the molecule is Cc1cc(/C=N\NC(=O)C(=O)Nc2ccccc2Br)c(C)n1-c1cccc(Br)c1. The predicted molar refractivity (Wildman–Crippen MR) is 121 cm³/mol. The van der Waals surface area contributed by atoms with Crippen LogP contribution in [0.15, 0.2) is 68.6 Å². The van der Waals surface area contributed by atoms with Gasteiger partial charge in [0.15, 0.2) is 0 Å². The van der Waals surface area contributed by atoms with Crippen molar-refractivity contribution in [3.63, 3.8) is 0 Å². The highest BCUT2D eigenvalue weighted by atomic mass is 79.9. The Morgan fingerprint density at radius 2 is 1.76 bits per heavy atom. The second kappa shape index (κ2) is 9.19. The van der Waals surface area contributed by atoms with Gasteiger partial charge in [0.05, 0.1) is 11.9 Å². The number of carbonyl (C=O) groups excluding carboxylic acids is 2. The van der Waals surface area contributed by atoms with Crippen LogP contribution in [0.1, 0.15) is 17.0 Å². The van der Waals surface area contributed by atoms with E-state index < -0.39 is 11.8 Å². The molecule has 6 nitrogen and oxygen atoms in total. The van der Waals surface area contributed by atoms with E-state index in [1.54, 1.807) is 18.2 Å². The van der Waals surface area contributed by atoms with Gasteiger partial charge < -0.3 is 9.88 Å². The first-order valence-electron chi connectivity index (χ1n) is 8.70. The number of rotatable bonds is 4. The van der Waals surface area contributed by atoms with Gasteiger partial charge in [0.2, 0.25) is 0 Å². The van der Waals surface area contributed by atoms with Crippen molar-refractivity contribution in [2.24, 2.45) is 5.10 Å². The van der Waals surface area contributed by atoms with Gasteiger partial charge in [0.25, 0.3) is 0 Å². The lowest BCUT2D eigenvalue weighted by atomic mass is 10.2. The molecule has 0 spiro atoms. The summed E-state index contributed by atoms with van der Waals surface area (Å²) in [5.74, 6) is -1.65. The fourth-order valence-electron chi connectivity index (χ4n) is 2.88. The number of halogens is 2. The average molecular weight is 518 g/mol. The maximum atomic E-state index is 12.0. The molecule has 1 aromatic heterocycles. The number of aromatic nitrogens is 1. The van der Waals surface area contributed by atoms with E-state index in [1.807, 2.05) is 50.2 Å². The van der Waals surface area contributed by atoms with Crippen LogP contribution >= 0.6 is 31.9 Å². The van der Waals surface area contributed by atoms with Crippen molar-refractivity contribution in [2.45, 2.75) is 13.8 Å². The summed E-state index contributed by atoms with van der Waals surface area (Å²) < 4.78 is 3.76. The number of benzene rings is 2. The van der Waals surface area contributed by atoms with Gasteiger partial charge in [-0.05, 0) is 66.2 Å². The maximum Gasteiger partial charge on any atom is 0.329 e. The fourth-order valence-corrected chi connectivity index (χ4v) is 3.65. The zero-order valence-electron chi connectivity index (χ0n) is 15.7. The number of para-hydroxylation sites is 1. The molecule has 2 amide bonds. The number of aryl methyl sites for hydroxylation is 1. The summed E-state index contributed by atoms with van der Waals surface area (Å²) in [6.45, 7) is 3.96. The molecule has 0 fully saturated rings. The van der Waals surface area contributed by atoms with Gasteiger partial charge in [-0.25, -0.2) is 5.43 Å². The number of hydrazone groups is 1. The van der Waals surface area contributed by atoms with E-state index in [1.165, 1.54) is 6.21 Å². The summed E-state index contributed by atoms with van der Waals surface area (Å²) in [6.07, 6.45) is 1.53. The van der Waals surface area contributed by atoms with Gasteiger partial charge in [-0.1, -0.05) is 34.1 Å². The predicted octanol–water partition coefficient (Wildman–Crippen LogP) is 4.71. The highest BCUT2D eigenvalue weighted by Gasteiger charge is 2.14. The minimum absolute atomic E-state index is 0.509. The number of nitrogens with one attached hydrogen (secondary N) is 2. The van der Waals surface area contributed by atoms with Crippen molar-refractivity contribution in [1.82, 2.24) is 9.99 Å². The van der Waals surface area contributed by atoms with Crippen LogP contribution in [-0.4, -0.2) is 22.6 Å². The molecule has 3 aromatic rings. The Kier molecular flexibility index (Phi) is 6.66. The smallest absolute Gasteiger partial charge is 0.318 e. The van der Waals surface area contributed by atoms with Crippen molar-refractivity contribution < 1.29 is 9.59 Å². The van der Waals surface area contributed by atoms with Crippen LogP contribution in [0.25, 0.3) is 5.69 Å². The lowest BCUT2D eigenvalue weighted by Gasteiger charge is -2.09. The first-order valence-corrected chi connectivity index (χ1v) is 10.3. The van der Waals surface area contributed by atoms with Crippen LogP contribution in [0, 0.1) is 13.8 Å². The Balaban J connectivity index is 1.69. The van der Waals surface area contributed by atoms with E-state index in [0.717, 1.165) is 27.1 Å². The van der Waals surface area contributed by atoms with Crippen LogP contribution in [0.2, 0.25) is 0 Å². The number of nitrogens with zero attached hydrogens (tertiary/aromatic N) is 2. The Hall–Kier alpha value is -2.71. The van der Waals surface area contributed by atoms with Gasteiger partial charge in [-0.15, -0.1) is 0 Å². The first kappa shape index (κ1) is 21.0. The Labute approximate surface area is 185 Å². The molecule has 0 atom stereocenters. The first-order chi connectivity index (χ1) is 13.9. The molecule has 0 saturated heterocycles. The normalized spacial score (nSPS) is 10.9. The summed E-state index contributed by atoms with van der Waals surface area (Å²) in [6, 6.07) is 17.0. The Bertz CT molecular complexity index is 1110. The van der Waals surface area contributed by atoms with Crippen molar-refractivity contribution in [3.05, 3.63) is 80.5 Å². The third-order valence-corrected chi connectivity index (χ3v) is 5.42. The number of amides is 2. The molecule has 1 heterocycles. The molecule has 3 rings (SSSR count). The van der Waals surface area contributed by atoms with Crippen molar-refractivity contribution >= 4 is 55.6 Å². The number of hydrogen-bond donors (Lipinski definition) is 2. The minimum Gasteiger partial charge on any atom is -0.318 e. The summed E-state index contributed by atoms with van der Waals surface area (Å²) in [4.78, 5) is 24.0. The Morgan fingerprint density at radius 3 is 2.48 bits per heavy atom.